The van der Waals surface area contributed by atoms with E-state index in [2.05, 4.69) is 0 Å². The fourth-order valence-corrected chi connectivity index (χ4v) is 2.89. The highest BCUT2D eigenvalue weighted by atomic mass is 35.5. The number of allylic oxidation sites excluding steroid dienone is 1. The van der Waals surface area contributed by atoms with Crippen molar-refractivity contribution < 1.29 is 28.5 Å². The lowest BCUT2D eigenvalue weighted by molar-refractivity contribution is 0.103. The number of hydrogen-bond donors (Lipinski definition) is 1. The highest BCUT2D eigenvalue weighted by Gasteiger charge is 2.26. The number of methoxy groups -OCH3 is 5. The molecule has 2 N–H and O–H groups in total. The average Bonchev–Trinajstić information content (AvgIpc) is 2.72. The van der Waals surface area contributed by atoms with Crippen molar-refractivity contribution in [3.8, 4) is 28.7 Å². The summed E-state index contributed by atoms with van der Waals surface area (Å²) < 4.78 is 26.5. The maximum atomic E-state index is 13.0. The zero-order chi connectivity index (χ0) is 20.8. The molecule has 150 valence electrons. The van der Waals surface area contributed by atoms with E-state index in [9.17, 15) is 4.79 Å². The molecule has 2 aromatic carbocycles. The first-order valence-electron chi connectivity index (χ1n) is 8.14. The molecule has 0 saturated heterocycles. The van der Waals surface area contributed by atoms with Crippen LogP contribution in [0.2, 0.25) is 0 Å². The molecule has 0 saturated carbocycles. The van der Waals surface area contributed by atoms with E-state index in [1.807, 2.05) is 0 Å². The van der Waals surface area contributed by atoms with Crippen molar-refractivity contribution in [2.45, 2.75) is 0 Å². The van der Waals surface area contributed by atoms with Crippen LogP contribution in [0.25, 0.3) is 6.08 Å². The second-order valence-corrected chi connectivity index (χ2v) is 5.96. The summed E-state index contributed by atoms with van der Waals surface area (Å²) in [6, 6.07) is 6.55. The first-order valence-corrected chi connectivity index (χ1v) is 8.51. The Labute approximate surface area is 168 Å². The second kappa shape index (κ2) is 9.23. The fourth-order valence-electron chi connectivity index (χ4n) is 2.66. The summed E-state index contributed by atoms with van der Waals surface area (Å²) in [7, 11) is 7.28. The van der Waals surface area contributed by atoms with Crippen molar-refractivity contribution in [3.05, 3.63) is 40.4 Å². The minimum absolute atomic E-state index is 0.0422. The third kappa shape index (κ3) is 4.09. The van der Waals surface area contributed by atoms with Crippen LogP contribution in [0.5, 0.6) is 28.7 Å². The Morgan fingerprint density at radius 2 is 1.46 bits per heavy atom. The number of carbonyl (C=O) groups is 1. The number of anilines is 1. The Morgan fingerprint density at radius 3 is 2.00 bits per heavy atom. The Morgan fingerprint density at radius 1 is 0.857 bits per heavy atom. The molecule has 8 heteroatoms. The lowest BCUT2D eigenvalue weighted by atomic mass is 10.1. The molecule has 7 nitrogen and oxygen atoms in total. The van der Waals surface area contributed by atoms with Crippen molar-refractivity contribution in [1.29, 1.82) is 0 Å². The summed E-state index contributed by atoms with van der Waals surface area (Å²) in [5.74, 6) is 1.03. The minimum atomic E-state index is -0.478. The van der Waals surface area contributed by atoms with Crippen LogP contribution in [0.4, 0.5) is 5.69 Å². The highest BCUT2D eigenvalue weighted by Crippen LogP contribution is 2.47. The van der Waals surface area contributed by atoms with E-state index in [-0.39, 0.29) is 22.1 Å². The predicted molar refractivity (Wildman–Crippen MR) is 108 cm³/mol. The van der Waals surface area contributed by atoms with E-state index < -0.39 is 5.78 Å². The summed E-state index contributed by atoms with van der Waals surface area (Å²) in [5.41, 5.74) is 7.11. The molecule has 0 aliphatic carbocycles. The highest BCUT2D eigenvalue weighted by molar-refractivity contribution is 6.47. The number of hydrogen-bond acceptors (Lipinski definition) is 7. The summed E-state index contributed by atoms with van der Waals surface area (Å²) >= 11 is 6.30. The van der Waals surface area contributed by atoms with Gasteiger partial charge in [-0.05, 0) is 29.8 Å². The molecule has 0 amide bonds. The summed E-state index contributed by atoms with van der Waals surface area (Å²) in [6.45, 7) is 0. The number of Topliss-reactive ketones (excluding diaryl/α,β-unsaturated/α-hetero) is 1. The standard InChI is InChI=1S/C20H22ClNO6/c1-24-15-9-11(6-7-14(15)22)8-13(21)17(23)12-10-16(25-2)19(27-4)20(28-5)18(12)26-3/h6-10H,22H2,1-5H3. The van der Waals surface area contributed by atoms with Crippen molar-refractivity contribution in [2.75, 3.05) is 41.3 Å². The molecule has 0 bridgehead atoms. The molecule has 0 heterocycles. The van der Waals surface area contributed by atoms with Gasteiger partial charge in [-0.25, -0.2) is 0 Å². The number of rotatable bonds is 8. The molecule has 0 aromatic heterocycles. The van der Waals surface area contributed by atoms with Crippen LogP contribution >= 0.6 is 11.6 Å². The smallest absolute Gasteiger partial charge is 0.208 e. The van der Waals surface area contributed by atoms with Gasteiger partial charge in [0.2, 0.25) is 17.3 Å². The van der Waals surface area contributed by atoms with E-state index in [0.29, 0.717) is 28.5 Å². The molecular formula is C20H22ClNO6. The number of ether oxygens (including phenoxy) is 5. The van der Waals surface area contributed by atoms with Gasteiger partial charge in [0, 0.05) is 0 Å². The topological polar surface area (TPSA) is 89.2 Å². The SMILES string of the molecule is COc1cc(C=C(Cl)C(=O)c2cc(OC)c(OC)c(OC)c2OC)ccc1N. The van der Waals surface area contributed by atoms with Gasteiger partial charge in [-0.3, -0.25) is 4.79 Å². The molecule has 2 aromatic rings. The van der Waals surface area contributed by atoms with E-state index >= 15 is 0 Å². The molecule has 28 heavy (non-hydrogen) atoms. The number of carbonyl (C=O) groups excluding carboxylic acids is 1. The maximum Gasteiger partial charge on any atom is 0.208 e. The summed E-state index contributed by atoms with van der Waals surface area (Å²) in [6.07, 6.45) is 1.51. The Hall–Kier alpha value is -3.06. The molecule has 0 spiro atoms. The van der Waals surface area contributed by atoms with Gasteiger partial charge in [0.15, 0.2) is 11.5 Å². The van der Waals surface area contributed by atoms with Gasteiger partial charge in [-0.1, -0.05) is 17.7 Å². The van der Waals surface area contributed by atoms with E-state index in [4.69, 9.17) is 41.0 Å². The van der Waals surface area contributed by atoms with Crippen LogP contribution in [-0.4, -0.2) is 41.3 Å². The Kier molecular flexibility index (Phi) is 7.00. The second-order valence-electron chi connectivity index (χ2n) is 5.55. The van der Waals surface area contributed by atoms with Crippen LogP contribution in [-0.2, 0) is 0 Å². The fraction of sp³-hybridized carbons (Fsp3) is 0.250. The number of nitrogens with two attached hydrogens (primary N) is 1. The monoisotopic (exact) mass is 407 g/mol. The van der Waals surface area contributed by atoms with Crippen molar-refractivity contribution in [3.63, 3.8) is 0 Å². The van der Waals surface area contributed by atoms with Gasteiger partial charge < -0.3 is 29.4 Å². The molecule has 0 atom stereocenters. The predicted octanol–water partition coefficient (Wildman–Crippen LogP) is 3.77. The van der Waals surface area contributed by atoms with Gasteiger partial charge in [0.05, 0.1) is 51.8 Å². The van der Waals surface area contributed by atoms with Crippen LogP contribution in [0.15, 0.2) is 29.3 Å². The minimum Gasteiger partial charge on any atom is -0.495 e. The first kappa shape index (κ1) is 21.2. The summed E-state index contributed by atoms with van der Waals surface area (Å²) in [4.78, 5) is 13.0. The van der Waals surface area contributed by atoms with E-state index in [1.54, 1.807) is 18.2 Å². The third-order valence-corrected chi connectivity index (χ3v) is 4.28. The van der Waals surface area contributed by atoms with Gasteiger partial charge in [0.25, 0.3) is 0 Å². The number of benzene rings is 2. The van der Waals surface area contributed by atoms with Gasteiger partial charge in [0.1, 0.15) is 5.75 Å². The van der Waals surface area contributed by atoms with E-state index in [0.717, 1.165) is 0 Å². The quantitative estimate of drug-likeness (QED) is 0.404. The number of nitrogen functional groups attached to an aromatic ring is 1. The lowest BCUT2D eigenvalue weighted by Crippen LogP contribution is -2.06. The Bertz CT molecular complexity index is 910. The molecule has 0 unspecified atom stereocenters. The number of ketones is 1. The zero-order valence-electron chi connectivity index (χ0n) is 16.3. The normalized spacial score (nSPS) is 11.0. The van der Waals surface area contributed by atoms with Crippen molar-refractivity contribution in [1.82, 2.24) is 0 Å². The zero-order valence-corrected chi connectivity index (χ0v) is 17.0. The van der Waals surface area contributed by atoms with Crippen molar-refractivity contribution in [2.24, 2.45) is 0 Å². The van der Waals surface area contributed by atoms with Gasteiger partial charge >= 0.3 is 0 Å². The van der Waals surface area contributed by atoms with E-state index in [1.165, 1.54) is 47.7 Å². The molecular weight excluding hydrogens is 386 g/mol. The van der Waals surface area contributed by atoms with Gasteiger partial charge in [-0.15, -0.1) is 0 Å². The average molecular weight is 408 g/mol. The largest absolute Gasteiger partial charge is 0.495 e. The maximum absolute atomic E-state index is 13.0. The van der Waals surface area contributed by atoms with Crippen LogP contribution in [0.3, 0.4) is 0 Å². The summed E-state index contributed by atoms with van der Waals surface area (Å²) in [5, 5.41) is -0.0422. The molecule has 2 rings (SSSR count). The van der Waals surface area contributed by atoms with Crippen LogP contribution in [0, 0.1) is 0 Å². The van der Waals surface area contributed by atoms with Crippen LogP contribution < -0.4 is 29.4 Å². The molecule has 0 radical (unpaired) electrons. The first-order chi connectivity index (χ1) is 13.4. The van der Waals surface area contributed by atoms with Crippen LogP contribution in [0.1, 0.15) is 15.9 Å². The molecule has 0 aliphatic heterocycles. The van der Waals surface area contributed by atoms with Gasteiger partial charge in [-0.2, -0.15) is 0 Å². The third-order valence-electron chi connectivity index (χ3n) is 4.00. The molecule has 0 fully saturated rings. The Balaban J connectivity index is 2.56. The van der Waals surface area contributed by atoms with Crippen molar-refractivity contribution >= 4 is 29.1 Å². The number of halogens is 1. The lowest BCUT2D eigenvalue weighted by Gasteiger charge is -2.18. The molecule has 0 aliphatic rings.